The molecule has 24 heavy (non-hydrogen) atoms. The van der Waals surface area contributed by atoms with Crippen molar-refractivity contribution in [3.63, 3.8) is 0 Å². The molecule has 122 valence electrons. The number of nitrogens with zero attached hydrogens (tertiary/aromatic N) is 1. The predicted octanol–water partition coefficient (Wildman–Crippen LogP) is 2.72. The maximum absolute atomic E-state index is 12.2. The summed E-state index contributed by atoms with van der Waals surface area (Å²) in [4.78, 5) is 12.2. The van der Waals surface area contributed by atoms with Crippen LogP contribution in [0, 0.1) is 6.92 Å². The Hall–Kier alpha value is -3.02. The summed E-state index contributed by atoms with van der Waals surface area (Å²) in [7, 11) is 0. The molecule has 4 rings (SSSR count). The number of fused-ring (bicyclic) bond motifs is 2. The molecule has 0 spiro atoms. The van der Waals surface area contributed by atoms with Crippen LogP contribution in [0.15, 0.2) is 40.9 Å². The number of ether oxygens (including phenoxy) is 2. The molecule has 0 aliphatic carbocycles. The van der Waals surface area contributed by atoms with Crippen LogP contribution in [-0.2, 0) is 17.8 Å². The van der Waals surface area contributed by atoms with E-state index in [4.69, 9.17) is 14.0 Å². The lowest BCUT2D eigenvalue weighted by Crippen LogP contribution is -2.24. The number of aryl methyl sites for hydroxylation is 1. The molecule has 0 saturated carbocycles. The van der Waals surface area contributed by atoms with Gasteiger partial charge in [0.25, 0.3) is 0 Å². The summed E-state index contributed by atoms with van der Waals surface area (Å²) in [5.41, 5.74) is 3.40. The number of hydrogen-bond acceptors (Lipinski definition) is 5. The number of amides is 1. The number of nitrogens with one attached hydrogen (secondary N) is 1. The quantitative estimate of drug-likeness (QED) is 0.799. The first-order chi connectivity index (χ1) is 11.7. The van der Waals surface area contributed by atoms with Gasteiger partial charge in [0.05, 0.1) is 6.42 Å². The molecular formula is C18H16N2O4. The lowest BCUT2D eigenvalue weighted by Gasteiger charge is -2.05. The molecule has 0 saturated heterocycles. The first kappa shape index (κ1) is 14.6. The average molecular weight is 324 g/mol. The van der Waals surface area contributed by atoms with Crippen molar-refractivity contribution in [2.24, 2.45) is 0 Å². The number of benzene rings is 2. The highest BCUT2D eigenvalue weighted by Crippen LogP contribution is 2.32. The average Bonchev–Trinajstić information content (AvgIpc) is 3.19. The molecule has 6 nitrogen and oxygen atoms in total. The van der Waals surface area contributed by atoms with Crippen molar-refractivity contribution in [1.82, 2.24) is 10.5 Å². The summed E-state index contributed by atoms with van der Waals surface area (Å²) in [6.07, 6.45) is 0.182. The summed E-state index contributed by atoms with van der Waals surface area (Å²) in [5.74, 6) is 1.33. The van der Waals surface area contributed by atoms with E-state index in [-0.39, 0.29) is 19.1 Å². The fourth-order valence-corrected chi connectivity index (χ4v) is 2.70. The summed E-state index contributed by atoms with van der Waals surface area (Å²) in [6, 6.07) is 11.4. The SMILES string of the molecule is Cc1ccc2onc(CC(=O)NCc3ccc4c(c3)OCO4)c2c1. The van der Waals surface area contributed by atoms with Gasteiger partial charge in [-0.3, -0.25) is 4.79 Å². The Labute approximate surface area is 138 Å². The molecule has 1 aromatic heterocycles. The third-order valence-electron chi connectivity index (χ3n) is 3.95. The normalized spacial score (nSPS) is 12.5. The van der Waals surface area contributed by atoms with Gasteiger partial charge in [0.1, 0.15) is 5.69 Å². The predicted molar refractivity (Wildman–Crippen MR) is 86.9 cm³/mol. The Balaban J connectivity index is 1.42. The zero-order valence-corrected chi connectivity index (χ0v) is 13.2. The third-order valence-corrected chi connectivity index (χ3v) is 3.95. The van der Waals surface area contributed by atoms with Gasteiger partial charge in [0, 0.05) is 11.9 Å². The minimum Gasteiger partial charge on any atom is -0.454 e. The van der Waals surface area contributed by atoms with Gasteiger partial charge < -0.3 is 19.3 Å². The maximum atomic E-state index is 12.2. The first-order valence-electron chi connectivity index (χ1n) is 7.69. The van der Waals surface area contributed by atoms with Crippen LogP contribution in [0.25, 0.3) is 11.0 Å². The van der Waals surface area contributed by atoms with Crippen molar-refractivity contribution in [2.45, 2.75) is 19.9 Å². The number of carbonyl (C=O) groups is 1. The van der Waals surface area contributed by atoms with Crippen molar-refractivity contribution in [2.75, 3.05) is 6.79 Å². The largest absolute Gasteiger partial charge is 0.454 e. The molecule has 0 radical (unpaired) electrons. The van der Waals surface area contributed by atoms with Crippen LogP contribution < -0.4 is 14.8 Å². The molecular weight excluding hydrogens is 308 g/mol. The molecule has 1 amide bonds. The van der Waals surface area contributed by atoms with Crippen LogP contribution in [0.4, 0.5) is 0 Å². The van der Waals surface area contributed by atoms with E-state index < -0.39 is 0 Å². The number of carbonyl (C=O) groups excluding carboxylic acids is 1. The zero-order valence-electron chi connectivity index (χ0n) is 13.2. The Bertz CT molecular complexity index is 917. The van der Waals surface area contributed by atoms with Crippen LogP contribution >= 0.6 is 0 Å². The van der Waals surface area contributed by atoms with E-state index in [1.54, 1.807) is 0 Å². The zero-order chi connectivity index (χ0) is 16.5. The maximum Gasteiger partial charge on any atom is 0.231 e. The third kappa shape index (κ3) is 2.78. The summed E-state index contributed by atoms with van der Waals surface area (Å²) < 4.78 is 15.9. The van der Waals surface area contributed by atoms with Crippen molar-refractivity contribution >= 4 is 16.9 Å². The van der Waals surface area contributed by atoms with Crippen LogP contribution in [0.1, 0.15) is 16.8 Å². The molecule has 6 heteroatoms. The summed E-state index contributed by atoms with van der Waals surface area (Å²) in [6.45, 7) is 2.66. The van der Waals surface area contributed by atoms with Gasteiger partial charge in [-0.1, -0.05) is 22.9 Å². The van der Waals surface area contributed by atoms with Gasteiger partial charge >= 0.3 is 0 Å². The monoisotopic (exact) mass is 324 g/mol. The van der Waals surface area contributed by atoms with E-state index in [1.807, 2.05) is 43.3 Å². The van der Waals surface area contributed by atoms with Crippen LogP contribution in [-0.4, -0.2) is 17.9 Å². The lowest BCUT2D eigenvalue weighted by atomic mass is 10.1. The van der Waals surface area contributed by atoms with Crippen molar-refractivity contribution in [3.8, 4) is 11.5 Å². The fourth-order valence-electron chi connectivity index (χ4n) is 2.70. The molecule has 3 aromatic rings. The van der Waals surface area contributed by atoms with Crippen LogP contribution in [0.3, 0.4) is 0 Å². The van der Waals surface area contributed by atoms with E-state index in [2.05, 4.69) is 10.5 Å². The van der Waals surface area contributed by atoms with E-state index in [1.165, 1.54) is 0 Å². The van der Waals surface area contributed by atoms with Gasteiger partial charge in [-0.25, -0.2) is 0 Å². The van der Waals surface area contributed by atoms with Gasteiger partial charge in [-0.2, -0.15) is 0 Å². The minimum absolute atomic E-state index is 0.107. The van der Waals surface area contributed by atoms with Crippen molar-refractivity contribution < 1.29 is 18.8 Å². The lowest BCUT2D eigenvalue weighted by molar-refractivity contribution is -0.120. The topological polar surface area (TPSA) is 73.6 Å². The molecule has 1 N–H and O–H groups in total. The molecule has 0 unspecified atom stereocenters. The van der Waals surface area contributed by atoms with Gasteiger partial charge in [-0.05, 0) is 36.8 Å². The second-order valence-electron chi connectivity index (χ2n) is 5.77. The minimum atomic E-state index is -0.107. The Morgan fingerprint density at radius 2 is 2.04 bits per heavy atom. The van der Waals surface area contributed by atoms with Gasteiger partial charge in [0.2, 0.25) is 12.7 Å². The Kier molecular flexibility index (Phi) is 3.57. The molecule has 1 aliphatic rings. The van der Waals surface area contributed by atoms with Crippen LogP contribution in [0.5, 0.6) is 11.5 Å². The molecule has 1 aliphatic heterocycles. The molecule has 2 heterocycles. The van der Waals surface area contributed by atoms with E-state index in [0.717, 1.165) is 22.3 Å². The smallest absolute Gasteiger partial charge is 0.231 e. The second kappa shape index (κ2) is 5.88. The fraction of sp³-hybridized carbons (Fsp3) is 0.222. The van der Waals surface area contributed by atoms with E-state index >= 15 is 0 Å². The molecule has 0 bridgehead atoms. The highest BCUT2D eigenvalue weighted by molar-refractivity contribution is 5.86. The number of hydrogen-bond donors (Lipinski definition) is 1. The van der Waals surface area contributed by atoms with E-state index in [0.29, 0.717) is 23.6 Å². The highest BCUT2D eigenvalue weighted by atomic mass is 16.7. The van der Waals surface area contributed by atoms with Crippen LogP contribution in [0.2, 0.25) is 0 Å². The number of rotatable bonds is 4. The molecule has 0 atom stereocenters. The standard InChI is InChI=1S/C18H16N2O4/c1-11-2-4-15-13(6-11)14(20-24-15)8-18(21)19-9-12-3-5-16-17(7-12)23-10-22-16/h2-7H,8-10H2,1H3,(H,19,21). The van der Waals surface area contributed by atoms with E-state index in [9.17, 15) is 4.79 Å². The Morgan fingerprint density at radius 3 is 2.96 bits per heavy atom. The van der Waals surface area contributed by atoms with Crippen molar-refractivity contribution in [3.05, 3.63) is 53.2 Å². The summed E-state index contributed by atoms with van der Waals surface area (Å²) in [5, 5.41) is 7.78. The number of aromatic nitrogens is 1. The highest BCUT2D eigenvalue weighted by Gasteiger charge is 2.15. The van der Waals surface area contributed by atoms with Gasteiger partial charge in [0.15, 0.2) is 17.1 Å². The summed E-state index contributed by atoms with van der Waals surface area (Å²) >= 11 is 0. The Morgan fingerprint density at radius 1 is 1.17 bits per heavy atom. The first-order valence-corrected chi connectivity index (χ1v) is 7.69. The van der Waals surface area contributed by atoms with Crippen molar-refractivity contribution in [1.29, 1.82) is 0 Å². The molecule has 0 fully saturated rings. The van der Waals surface area contributed by atoms with Gasteiger partial charge in [-0.15, -0.1) is 0 Å². The second-order valence-corrected chi connectivity index (χ2v) is 5.77. The molecule has 2 aromatic carbocycles.